The summed E-state index contributed by atoms with van der Waals surface area (Å²) in [5.41, 5.74) is 1.46. The molecular formula is C28H40FN3O3. The standard InChI is InChI=1S/C28H40FN3O3/c1-21(19-30-2)31-27(33)32-17-8-9-23(20-32)28(34,16-6-7-18-35-3)26-11-5-4-10-25(26)22-12-14-24(29)15-13-22/h4-5,10-15,21,23,30,34H,6-9,16-20H2,1-3H3,(H,31,33)/t21?,23-,28+/m1/s1. The Bertz CT molecular complexity index is 939. The van der Waals surface area contributed by atoms with Crippen molar-refractivity contribution in [3.8, 4) is 11.1 Å². The average molecular weight is 486 g/mol. The Morgan fingerprint density at radius 2 is 1.97 bits per heavy atom. The van der Waals surface area contributed by atoms with Crippen LogP contribution < -0.4 is 10.6 Å². The molecule has 1 aliphatic rings. The van der Waals surface area contributed by atoms with Crippen LogP contribution in [-0.4, -0.2) is 62.5 Å². The van der Waals surface area contributed by atoms with Crippen LogP contribution in [0.4, 0.5) is 9.18 Å². The smallest absolute Gasteiger partial charge is 0.317 e. The fourth-order valence-corrected chi connectivity index (χ4v) is 5.15. The molecule has 0 spiro atoms. The lowest BCUT2D eigenvalue weighted by molar-refractivity contribution is -0.0559. The van der Waals surface area contributed by atoms with Crippen LogP contribution in [0.3, 0.4) is 0 Å². The van der Waals surface area contributed by atoms with E-state index in [4.69, 9.17) is 4.74 Å². The number of nitrogens with zero attached hydrogens (tertiary/aromatic N) is 1. The van der Waals surface area contributed by atoms with Crippen LogP contribution in [-0.2, 0) is 10.3 Å². The highest BCUT2D eigenvalue weighted by Crippen LogP contribution is 2.43. The fourth-order valence-electron chi connectivity index (χ4n) is 5.15. The van der Waals surface area contributed by atoms with E-state index in [1.54, 1.807) is 19.2 Å². The summed E-state index contributed by atoms with van der Waals surface area (Å²) in [5.74, 6) is -0.409. The second-order valence-corrected chi connectivity index (χ2v) is 9.62. The third-order valence-corrected chi connectivity index (χ3v) is 6.97. The molecule has 0 aromatic heterocycles. The van der Waals surface area contributed by atoms with Crippen LogP contribution in [0.2, 0.25) is 0 Å². The van der Waals surface area contributed by atoms with Gasteiger partial charge in [-0.25, -0.2) is 9.18 Å². The van der Waals surface area contributed by atoms with E-state index >= 15 is 0 Å². The Balaban J connectivity index is 1.91. The van der Waals surface area contributed by atoms with Crippen LogP contribution in [0.5, 0.6) is 0 Å². The van der Waals surface area contributed by atoms with Gasteiger partial charge in [-0.05, 0) is 74.9 Å². The van der Waals surface area contributed by atoms with E-state index in [2.05, 4.69) is 10.6 Å². The minimum absolute atomic E-state index is 0.0139. The van der Waals surface area contributed by atoms with Gasteiger partial charge in [0.05, 0.1) is 5.60 Å². The molecule has 35 heavy (non-hydrogen) atoms. The van der Waals surface area contributed by atoms with Gasteiger partial charge < -0.3 is 25.4 Å². The van der Waals surface area contributed by atoms with E-state index in [0.717, 1.165) is 42.4 Å². The van der Waals surface area contributed by atoms with Crippen LogP contribution >= 0.6 is 0 Å². The highest BCUT2D eigenvalue weighted by molar-refractivity contribution is 5.74. The van der Waals surface area contributed by atoms with Gasteiger partial charge in [-0.2, -0.15) is 0 Å². The number of hydrogen-bond donors (Lipinski definition) is 3. The van der Waals surface area contributed by atoms with E-state index in [1.165, 1.54) is 12.1 Å². The van der Waals surface area contributed by atoms with Gasteiger partial charge in [-0.1, -0.05) is 36.4 Å². The van der Waals surface area contributed by atoms with Gasteiger partial charge in [-0.15, -0.1) is 0 Å². The molecule has 0 saturated carbocycles. The molecule has 0 radical (unpaired) electrons. The lowest BCUT2D eigenvalue weighted by Gasteiger charge is -2.43. The molecule has 2 aromatic rings. The molecule has 1 aliphatic heterocycles. The first-order valence-corrected chi connectivity index (χ1v) is 12.7. The van der Waals surface area contributed by atoms with Gasteiger partial charge in [0.2, 0.25) is 0 Å². The molecule has 1 heterocycles. The predicted octanol–water partition coefficient (Wildman–Crippen LogP) is 4.53. The predicted molar refractivity (Wildman–Crippen MR) is 138 cm³/mol. The van der Waals surface area contributed by atoms with Crippen molar-refractivity contribution in [2.24, 2.45) is 5.92 Å². The Morgan fingerprint density at radius 1 is 1.23 bits per heavy atom. The van der Waals surface area contributed by atoms with Gasteiger partial charge in [0, 0.05) is 45.3 Å². The van der Waals surface area contributed by atoms with Crippen molar-refractivity contribution >= 4 is 6.03 Å². The number of rotatable bonds is 11. The summed E-state index contributed by atoms with van der Waals surface area (Å²) in [5, 5.41) is 18.5. The van der Waals surface area contributed by atoms with Crippen molar-refractivity contribution in [1.82, 2.24) is 15.5 Å². The highest BCUT2D eigenvalue weighted by Gasteiger charge is 2.42. The number of aliphatic hydroxyl groups is 1. The molecule has 6 nitrogen and oxygen atoms in total. The quantitative estimate of drug-likeness (QED) is 0.409. The molecule has 3 atom stereocenters. The van der Waals surface area contributed by atoms with Crippen molar-refractivity contribution in [2.45, 2.75) is 50.7 Å². The van der Waals surface area contributed by atoms with Crippen molar-refractivity contribution in [1.29, 1.82) is 0 Å². The molecule has 2 aromatic carbocycles. The summed E-state index contributed by atoms with van der Waals surface area (Å²) >= 11 is 0. The molecule has 0 aliphatic carbocycles. The number of urea groups is 1. The number of ether oxygens (including phenoxy) is 1. The Morgan fingerprint density at radius 3 is 2.69 bits per heavy atom. The Labute approximate surface area is 208 Å². The van der Waals surface area contributed by atoms with Crippen molar-refractivity contribution in [2.75, 3.05) is 40.4 Å². The van der Waals surface area contributed by atoms with Crippen LogP contribution in [0.1, 0.15) is 44.6 Å². The summed E-state index contributed by atoms with van der Waals surface area (Å²) in [6, 6.07) is 14.2. The molecule has 1 saturated heterocycles. The largest absolute Gasteiger partial charge is 0.385 e. The number of amides is 2. The Hall–Kier alpha value is -2.48. The van der Waals surface area contributed by atoms with Gasteiger partial charge in [-0.3, -0.25) is 0 Å². The molecule has 0 bridgehead atoms. The van der Waals surface area contributed by atoms with Gasteiger partial charge in [0.25, 0.3) is 0 Å². The monoisotopic (exact) mass is 485 g/mol. The summed E-state index contributed by atoms with van der Waals surface area (Å²) in [7, 11) is 3.55. The van der Waals surface area contributed by atoms with Gasteiger partial charge >= 0.3 is 6.03 Å². The van der Waals surface area contributed by atoms with Crippen molar-refractivity contribution in [3.63, 3.8) is 0 Å². The number of benzene rings is 2. The van der Waals surface area contributed by atoms with E-state index in [1.807, 2.05) is 43.1 Å². The maximum absolute atomic E-state index is 13.6. The Kier molecular flexibility index (Phi) is 10.1. The first kappa shape index (κ1) is 27.1. The molecular weight excluding hydrogens is 445 g/mol. The number of halogens is 1. The number of likely N-dealkylation sites (tertiary alicyclic amines) is 1. The van der Waals surface area contributed by atoms with Crippen molar-refractivity contribution < 1.29 is 19.0 Å². The lowest BCUT2D eigenvalue weighted by atomic mass is 9.72. The number of piperidine rings is 1. The highest BCUT2D eigenvalue weighted by atomic mass is 19.1. The van der Waals surface area contributed by atoms with Crippen molar-refractivity contribution in [3.05, 3.63) is 59.9 Å². The van der Waals surface area contributed by atoms with E-state index in [-0.39, 0.29) is 23.8 Å². The zero-order valence-electron chi connectivity index (χ0n) is 21.2. The molecule has 3 rings (SSSR count). The third-order valence-electron chi connectivity index (χ3n) is 6.97. The number of hydrogen-bond acceptors (Lipinski definition) is 4. The third kappa shape index (κ3) is 7.03. The maximum atomic E-state index is 13.6. The second-order valence-electron chi connectivity index (χ2n) is 9.62. The summed E-state index contributed by atoms with van der Waals surface area (Å²) in [4.78, 5) is 14.8. The van der Waals surface area contributed by atoms with Gasteiger partial charge in [0.15, 0.2) is 0 Å². The number of carbonyl (C=O) groups is 1. The minimum atomic E-state index is -1.13. The van der Waals surface area contributed by atoms with Crippen LogP contribution in [0.15, 0.2) is 48.5 Å². The fraction of sp³-hybridized carbons (Fsp3) is 0.536. The number of likely N-dealkylation sites (N-methyl/N-ethyl adjacent to an activating group) is 1. The zero-order valence-corrected chi connectivity index (χ0v) is 21.2. The normalized spacial score (nSPS) is 18.7. The molecule has 1 fully saturated rings. The van der Waals surface area contributed by atoms with Crippen LogP contribution in [0, 0.1) is 11.7 Å². The van der Waals surface area contributed by atoms with Gasteiger partial charge in [0.1, 0.15) is 5.82 Å². The first-order valence-electron chi connectivity index (χ1n) is 12.7. The zero-order chi connectivity index (χ0) is 25.3. The number of unbranched alkanes of at least 4 members (excludes halogenated alkanes) is 1. The van der Waals surface area contributed by atoms with E-state index < -0.39 is 5.60 Å². The average Bonchev–Trinajstić information content (AvgIpc) is 2.87. The molecule has 1 unspecified atom stereocenters. The number of methoxy groups -OCH3 is 1. The molecule has 2 amide bonds. The first-order chi connectivity index (χ1) is 16.9. The van der Waals surface area contributed by atoms with E-state index in [0.29, 0.717) is 32.7 Å². The molecule has 3 N–H and O–H groups in total. The summed E-state index contributed by atoms with van der Waals surface area (Å²) in [6.07, 6.45) is 3.86. The maximum Gasteiger partial charge on any atom is 0.317 e. The SMILES string of the molecule is CNCC(C)NC(=O)N1CCC[C@@H]([C@@](O)(CCCCOC)c2ccccc2-c2ccc(F)cc2)C1. The van der Waals surface area contributed by atoms with E-state index in [9.17, 15) is 14.3 Å². The topological polar surface area (TPSA) is 73.8 Å². The summed E-state index contributed by atoms with van der Waals surface area (Å²) in [6.45, 7) is 4.46. The number of carbonyl (C=O) groups excluding carboxylic acids is 1. The lowest BCUT2D eigenvalue weighted by Crippen LogP contribution is -2.53. The second kappa shape index (κ2) is 13.0. The van der Waals surface area contributed by atoms with Crippen LogP contribution in [0.25, 0.3) is 11.1 Å². The molecule has 7 heteroatoms. The molecule has 192 valence electrons. The number of nitrogens with one attached hydrogen (secondary N) is 2. The summed E-state index contributed by atoms with van der Waals surface area (Å²) < 4.78 is 18.8. The minimum Gasteiger partial charge on any atom is -0.385 e.